The van der Waals surface area contributed by atoms with Crippen molar-refractivity contribution < 1.29 is 28.3 Å². The lowest BCUT2D eigenvalue weighted by Gasteiger charge is -2.38. The zero-order chi connectivity index (χ0) is 29.5. The van der Waals surface area contributed by atoms with Crippen molar-refractivity contribution in [2.45, 2.75) is 64.3 Å². The van der Waals surface area contributed by atoms with E-state index in [4.69, 9.17) is 0 Å². The number of hydrogen-bond acceptors (Lipinski definition) is 5. The van der Waals surface area contributed by atoms with Gasteiger partial charge in [0.2, 0.25) is 17.7 Å². The highest BCUT2D eigenvalue weighted by atomic mass is 19.1. The number of aliphatic hydroxyl groups excluding tert-OH is 1. The van der Waals surface area contributed by atoms with Crippen LogP contribution in [0.3, 0.4) is 0 Å². The van der Waals surface area contributed by atoms with E-state index in [1.54, 1.807) is 9.80 Å². The molecule has 4 rings (SSSR count). The molecule has 222 valence electrons. The monoisotopic (exact) mass is 570 g/mol. The molecule has 1 aliphatic heterocycles. The summed E-state index contributed by atoms with van der Waals surface area (Å²) in [5.41, 5.74) is 1.19. The Morgan fingerprint density at radius 3 is 2.41 bits per heavy atom. The Labute approximate surface area is 240 Å². The molecular weight excluding hydrogens is 530 g/mol. The Balaban J connectivity index is 1.52. The number of carbonyl (C=O) groups is 3. The minimum Gasteiger partial charge on any atom is -0.389 e. The van der Waals surface area contributed by atoms with Gasteiger partial charge in [-0.1, -0.05) is 37.3 Å². The van der Waals surface area contributed by atoms with Gasteiger partial charge in [-0.2, -0.15) is 0 Å². The van der Waals surface area contributed by atoms with Crippen LogP contribution in [0, 0.1) is 23.5 Å². The number of aliphatic hydroxyl groups is 1. The van der Waals surface area contributed by atoms with Gasteiger partial charge in [0, 0.05) is 45.7 Å². The fraction of sp³-hybridized carbons (Fsp3) is 0.516. The molecule has 2 fully saturated rings. The van der Waals surface area contributed by atoms with Crippen LogP contribution >= 0.6 is 0 Å². The maximum absolute atomic E-state index is 14.0. The summed E-state index contributed by atoms with van der Waals surface area (Å²) in [7, 11) is 0. The normalized spacial score (nSPS) is 19.4. The van der Waals surface area contributed by atoms with Gasteiger partial charge < -0.3 is 25.5 Å². The lowest BCUT2D eigenvalue weighted by Crippen LogP contribution is -2.64. The maximum atomic E-state index is 14.0. The van der Waals surface area contributed by atoms with Crippen LogP contribution in [0.1, 0.15) is 44.2 Å². The lowest BCUT2D eigenvalue weighted by atomic mass is 9.93. The molecule has 0 spiro atoms. The Kier molecular flexibility index (Phi) is 10.4. The van der Waals surface area contributed by atoms with Gasteiger partial charge in [-0.3, -0.25) is 14.4 Å². The summed E-state index contributed by atoms with van der Waals surface area (Å²) in [5.74, 6) is -2.46. The van der Waals surface area contributed by atoms with Gasteiger partial charge in [-0.25, -0.2) is 8.78 Å². The van der Waals surface area contributed by atoms with Crippen LogP contribution < -0.4 is 10.6 Å². The quantitative estimate of drug-likeness (QED) is 0.344. The van der Waals surface area contributed by atoms with E-state index in [1.807, 2.05) is 37.3 Å². The van der Waals surface area contributed by atoms with Crippen LogP contribution in [0.2, 0.25) is 0 Å². The Bertz CT molecular complexity index is 1190. The van der Waals surface area contributed by atoms with Crippen molar-refractivity contribution in [3.05, 3.63) is 71.3 Å². The number of amides is 3. The van der Waals surface area contributed by atoms with E-state index in [9.17, 15) is 28.3 Å². The molecule has 8 nitrogen and oxygen atoms in total. The SMILES string of the molecule is CCC(CN(CC1CC1)C(C)=O)C(=O)NC(Cc1cc(F)cc(F)c1)C(O)C1NCCN(Cc2ccccc2)C1=O. The molecule has 4 unspecified atom stereocenters. The summed E-state index contributed by atoms with van der Waals surface area (Å²) in [5, 5.41) is 17.5. The van der Waals surface area contributed by atoms with Crippen LogP contribution in [-0.2, 0) is 27.3 Å². The largest absolute Gasteiger partial charge is 0.389 e. The first-order valence-electron chi connectivity index (χ1n) is 14.4. The van der Waals surface area contributed by atoms with E-state index >= 15 is 0 Å². The highest BCUT2D eigenvalue weighted by molar-refractivity contribution is 5.84. The van der Waals surface area contributed by atoms with Crippen molar-refractivity contribution in [3.63, 3.8) is 0 Å². The van der Waals surface area contributed by atoms with Gasteiger partial charge in [0.1, 0.15) is 17.7 Å². The van der Waals surface area contributed by atoms with Crippen LogP contribution in [0.25, 0.3) is 0 Å². The summed E-state index contributed by atoms with van der Waals surface area (Å²) in [6.07, 6.45) is 1.09. The van der Waals surface area contributed by atoms with Crippen LogP contribution in [0.4, 0.5) is 8.78 Å². The molecule has 0 aromatic heterocycles. The second-order valence-electron chi connectivity index (χ2n) is 11.2. The molecule has 3 amide bonds. The molecule has 0 radical (unpaired) electrons. The molecule has 2 aromatic carbocycles. The minimum absolute atomic E-state index is 0.0966. The van der Waals surface area contributed by atoms with Gasteiger partial charge in [-0.15, -0.1) is 0 Å². The first-order chi connectivity index (χ1) is 19.6. The number of rotatable bonds is 13. The first-order valence-corrected chi connectivity index (χ1v) is 14.4. The summed E-state index contributed by atoms with van der Waals surface area (Å²) in [6.45, 7) is 5.42. The Morgan fingerprint density at radius 1 is 1.12 bits per heavy atom. The van der Waals surface area contributed by atoms with E-state index in [0.717, 1.165) is 36.6 Å². The third kappa shape index (κ3) is 8.56. The van der Waals surface area contributed by atoms with E-state index in [-0.39, 0.29) is 36.3 Å². The lowest BCUT2D eigenvalue weighted by molar-refractivity contribution is -0.141. The molecule has 41 heavy (non-hydrogen) atoms. The molecule has 2 aliphatic rings. The standard InChI is InChI=1S/C31H40F2N4O4/c1-3-24(19-37(20(2)38)18-22-9-10-22)30(40)35-27(15-23-13-25(32)16-26(33)14-23)29(39)28-31(41)36(12-11-34-28)17-21-7-5-4-6-8-21/h4-8,13-14,16,22,24,27-29,34,39H,3,9-12,15,17-19H2,1-2H3,(H,35,40). The third-order valence-corrected chi connectivity index (χ3v) is 7.92. The van der Waals surface area contributed by atoms with E-state index in [2.05, 4.69) is 10.6 Å². The average Bonchev–Trinajstić information content (AvgIpc) is 3.75. The van der Waals surface area contributed by atoms with Gasteiger partial charge in [0.05, 0.1) is 18.1 Å². The van der Waals surface area contributed by atoms with Crippen molar-refractivity contribution in [3.8, 4) is 0 Å². The fourth-order valence-corrected chi connectivity index (χ4v) is 5.36. The van der Waals surface area contributed by atoms with Crippen molar-refractivity contribution in [2.75, 3.05) is 26.2 Å². The molecular formula is C31H40F2N4O4. The number of nitrogens with one attached hydrogen (secondary N) is 2. The molecule has 4 atom stereocenters. The molecule has 0 bridgehead atoms. The van der Waals surface area contributed by atoms with Crippen molar-refractivity contribution in [2.24, 2.45) is 11.8 Å². The number of carbonyl (C=O) groups excluding carboxylic acids is 3. The molecule has 10 heteroatoms. The zero-order valence-electron chi connectivity index (χ0n) is 23.7. The predicted molar refractivity (Wildman–Crippen MR) is 150 cm³/mol. The van der Waals surface area contributed by atoms with Crippen LogP contribution in [-0.4, -0.2) is 77.0 Å². The third-order valence-electron chi connectivity index (χ3n) is 7.92. The van der Waals surface area contributed by atoms with Gasteiger partial charge in [0.25, 0.3) is 0 Å². The van der Waals surface area contributed by atoms with Crippen molar-refractivity contribution in [1.82, 2.24) is 20.4 Å². The highest BCUT2D eigenvalue weighted by Crippen LogP contribution is 2.30. The molecule has 1 saturated carbocycles. The van der Waals surface area contributed by atoms with Crippen LogP contribution in [0.5, 0.6) is 0 Å². The number of nitrogens with zero attached hydrogens (tertiary/aromatic N) is 2. The maximum Gasteiger partial charge on any atom is 0.242 e. The van der Waals surface area contributed by atoms with Crippen LogP contribution in [0.15, 0.2) is 48.5 Å². The first kappa shape index (κ1) is 30.6. The van der Waals surface area contributed by atoms with Gasteiger partial charge >= 0.3 is 0 Å². The molecule has 1 saturated heterocycles. The van der Waals surface area contributed by atoms with Gasteiger partial charge in [-0.05, 0) is 54.9 Å². The topological polar surface area (TPSA) is 102 Å². The predicted octanol–water partition coefficient (Wildman–Crippen LogP) is 2.64. The number of piperazine rings is 1. The molecule has 3 N–H and O–H groups in total. The van der Waals surface area contributed by atoms with E-state index in [0.29, 0.717) is 38.5 Å². The molecule has 2 aromatic rings. The highest BCUT2D eigenvalue weighted by Gasteiger charge is 2.39. The number of benzene rings is 2. The van der Waals surface area contributed by atoms with Crippen molar-refractivity contribution in [1.29, 1.82) is 0 Å². The number of halogens is 2. The minimum atomic E-state index is -1.38. The summed E-state index contributed by atoms with van der Waals surface area (Å²) >= 11 is 0. The van der Waals surface area contributed by atoms with Crippen molar-refractivity contribution >= 4 is 17.7 Å². The molecule has 1 heterocycles. The summed E-state index contributed by atoms with van der Waals surface area (Å²) < 4.78 is 28.1. The summed E-state index contributed by atoms with van der Waals surface area (Å²) in [6, 6.07) is 10.5. The van der Waals surface area contributed by atoms with E-state index < -0.39 is 35.7 Å². The van der Waals surface area contributed by atoms with Gasteiger partial charge in [0.15, 0.2) is 0 Å². The smallest absolute Gasteiger partial charge is 0.242 e. The summed E-state index contributed by atoms with van der Waals surface area (Å²) in [4.78, 5) is 42.6. The average molecular weight is 571 g/mol. The number of hydrogen-bond donors (Lipinski definition) is 3. The molecule has 1 aliphatic carbocycles. The fourth-order valence-electron chi connectivity index (χ4n) is 5.36. The zero-order valence-corrected chi connectivity index (χ0v) is 23.7. The Morgan fingerprint density at radius 2 is 1.80 bits per heavy atom. The second-order valence-corrected chi connectivity index (χ2v) is 11.2. The second kappa shape index (κ2) is 14.0. The van der Waals surface area contributed by atoms with E-state index in [1.165, 1.54) is 6.92 Å². The Hall–Kier alpha value is -3.37.